The molecule has 0 heterocycles. The van der Waals surface area contributed by atoms with Crippen LogP contribution in [0.4, 0.5) is 0 Å². The maximum absolute atomic E-state index is 6.16. The lowest BCUT2D eigenvalue weighted by Crippen LogP contribution is -2.09. The Labute approximate surface area is 117 Å². The summed E-state index contributed by atoms with van der Waals surface area (Å²) in [7, 11) is 0. The summed E-state index contributed by atoms with van der Waals surface area (Å²) in [5.41, 5.74) is 11.5. The minimum atomic E-state index is 0.0739. The molecule has 0 spiro atoms. The quantitative estimate of drug-likeness (QED) is 0.830. The van der Waals surface area contributed by atoms with Crippen molar-refractivity contribution in [1.82, 2.24) is 0 Å². The van der Waals surface area contributed by atoms with Crippen LogP contribution in [0.2, 0.25) is 0 Å². The van der Waals surface area contributed by atoms with Crippen LogP contribution < -0.4 is 5.73 Å². The number of nitrogens with two attached hydrogens (primary N) is 1. The molecule has 0 aromatic heterocycles. The fourth-order valence-electron chi connectivity index (χ4n) is 2.56. The molecule has 1 unspecified atom stereocenters. The first kappa shape index (κ1) is 14.1. The van der Waals surface area contributed by atoms with Gasteiger partial charge in [0, 0.05) is 11.5 Å². The van der Waals surface area contributed by atoms with Crippen molar-refractivity contribution in [2.45, 2.75) is 46.6 Å². The molecule has 19 heavy (non-hydrogen) atoms. The predicted molar refractivity (Wildman–Crippen MR) is 84.9 cm³/mol. The molecule has 0 bridgehead atoms. The standard InChI is InChI=1S/C18H25N/c1-5-6-14-11-15-7-9-18(3,4)10-8-16(15)17(12-14)13(2)19/h7-13H,5-6,19H2,1-4H3. The highest BCUT2D eigenvalue weighted by Crippen LogP contribution is 2.32. The molecular formula is C18H25N. The van der Waals surface area contributed by atoms with Crippen LogP contribution in [0.1, 0.15) is 62.4 Å². The number of benzene rings is 1. The maximum Gasteiger partial charge on any atom is 0.0272 e. The van der Waals surface area contributed by atoms with Crippen LogP contribution in [0.25, 0.3) is 12.2 Å². The second-order valence-corrected chi connectivity index (χ2v) is 6.21. The number of fused-ring (bicyclic) bond motifs is 1. The first-order valence-corrected chi connectivity index (χ1v) is 7.24. The Morgan fingerprint density at radius 3 is 2.47 bits per heavy atom. The Kier molecular flexibility index (Phi) is 3.96. The highest BCUT2D eigenvalue weighted by Gasteiger charge is 2.16. The zero-order valence-electron chi connectivity index (χ0n) is 12.5. The molecule has 0 fully saturated rings. The SMILES string of the molecule is CCCc1cc2c(c(C(C)N)c1)C=CC(C)(C)C=C2. The van der Waals surface area contributed by atoms with Gasteiger partial charge >= 0.3 is 0 Å². The highest BCUT2D eigenvalue weighted by molar-refractivity contribution is 5.72. The third kappa shape index (κ3) is 3.16. The Morgan fingerprint density at radius 2 is 1.84 bits per heavy atom. The Bertz CT molecular complexity index is 519. The normalized spacial score (nSPS) is 17.9. The van der Waals surface area contributed by atoms with Crippen molar-refractivity contribution >= 4 is 12.2 Å². The van der Waals surface area contributed by atoms with E-state index in [0.29, 0.717) is 0 Å². The molecule has 2 N–H and O–H groups in total. The van der Waals surface area contributed by atoms with Crippen molar-refractivity contribution < 1.29 is 0 Å². The first-order chi connectivity index (χ1) is 8.93. The number of aryl methyl sites for hydroxylation is 1. The summed E-state index contributed by atoms with van der Waals surface area (Å²) in [6.45, 7) is 8.74. The van der Waals surface area contributed by atoms with E-state index in [9.17, 15) is 0 Å². The lowest BCUT2D eigenvalue weighted by Gasteiger charge is -2.15. The van der Waals surface area contributed by atoms with Crippen LogP contribution in [0.15, 0.2) is 24.3 Å². The van der Waals surface area contributed by atoms with Crippen LogP contribution in [0.3, 0.4) is 0 Å². The summed E-state index contributed by atoms with van der Waals surface area (Å²) >= 11 is 0. The second-order valence-electron chi connectivity index (χ2n) is 6.21. The summed E-state index contributed by atoms with van der Waals surface area (Å²) in [5, 5.41) is 0. The molecule has 1 aromatic rings. The molecule has 0 saturated heterocycles. The maximum atomic E-state index is 6.16. The van der Waals surface area contributed by atoms with Gasteiger partial charge in [0.25, 0.3) is 0 Å². The van der Waals surface area contributed by atoms with E-state index < -0.39 is 0 Å². The topological polar surface area (TPSA) is 26.0 Å². The third-order valence-corrected chi connectivity index (χ3v) is 3.71. The number of hydrogen-bond acceptors (Lipinski definition) is 1. The summed E-state index contributed by atoms with van der Waals surface area (Å²) in [5.74, 6) is 0. The van der Waals surface area contributed by atoms with Crippen LogP contribution in [-0.2, 0) is 6.42 Å². The molecule has 1 aliphatic rings. The van der Waals surface area contributed by atoms with Crippen molar-refractivity contribution in [2.24, 2.45) is 11.1 Å². The first-order valence-electron chi connectivity index (χ1n) is 7.24. The van der Waals surface area contributed by atoms with Crippen LogP contribution in [0.5, 0.6) is 0 Å². The van der Waals surface area contributed by atoms with Gasteiger partial charge in [-0.1, -0.05) is 63.6 Å². The van der Waals surface area contributed by atoms with Crippen LogP contribution >= 0.6 is 0 Å². The predicted octanol–water partition coefficient (Wildman–Crippen LogP) is 4.73. The molecular weight excluding hydrogens is 230 g/mol. The van der Waals surface area contributed by atoms with Crippen molar-refractivity contribution in [2.75, 3.05) is 0 Å². The minimum absolute atomic E-state index is 0.0739. The van der Waals surface area contributed by atoms with Gasteiger partial charge in [-0.15, -0.1) is 0 Å². The van der Waals surface area contributed by atoms with Crippen LogP contribution in [0, 0.1) is 5.41 Å². The summed E-state index contributed by atoms with van der Waals surface area (Å²) < 4.78 is 0. The van der Waals surface area contributed by atoms with Crippen molar-refractivity contribution in [3.63, 3.8) is 0 Å². The largest absolute Gasteiger partial charge is 0.324 e. The zero-order chi connectivity index (χ0) is 14.0. The summed E-state index contributed by atoms with van der Waals surface area (Å²) in [6, 6.07) is 4.67. The van der Waals surface area contributed by atoms with Gasteiger partial charge in [-0.3, -0.25) is 0 Å². The Hall–Kier alpha value is -1.34. The van der Waals surface area contributed by atoms with Crippen molar-refractivity contribution in [3.05, 3.63) is 46.5 Å². The van der Waals surface area contributed by atoms with E-state index in [4.69, 9.17) is 5.73 Å². The molecule has 1 nitrogen and oxygen atoms in total. The highest BCUT2D eigenvalue weighted by atomic mass is 14.6. The molecule has 1 heteroatoms. The summed E-state index contributed by atoms with van der Waals surface area (Å²) in [4.78, 5) is 0. The molecule has 1 aliphatic carbocycles. The van der Waals surface area contributed by atoms with E-state index in [0.717, 1.165) is 6.42 Å². The average Bonchev–Trinajstić information content (AvgIpc) is 2.48. The van der Waals surface area contributed by atoms with Gasteiger partial charge in [-0.05, 0) is 35.6 Å². The number of rotatable bonds is 3. The summed E-state index contributed by atoms with van der Waals surface area (Å²) in [6.07, 6.45) is 11.3. The van der Waals surface area contributed by atoms with E-state index in [1.807, 2.05) is 0 Å². The van der Waals surface area contributed by atoms with Crippen molar-refractivity contribution in [3.8, 4) is 0 Å². The van der Waals surface area contributed by atoms with E-state index in [2.05, 4.69) is 64.1 Å². The number of allylic oxidation sites excluding steroid dienone is 2. The third-order valence-electron chi connectivity index (χ3n) is 3.71. The number of hydrogen-bond donors (Lipinski definition) is 1. The fourth-order valence-corrected chi connectivity index (χ4v) is 2.56. The zero-order valence-corrected chi connectivity index (χ0v) is 12.5. The van der Waals surface area contributed by atoms with Gasteiger partial charge in [0.15, 0.2) is 0 Å². The molecule has 1 aromatic carbocycles. The monoisotopic (exact) mass is 255 g/mol. The Balaban J connectivity index is 2.59. The molecule has 0 aliphatic heterocycles. The minimum Gasteiger partial charge on any atom is -0.324 e. The molecule has 2 rings (SSSR count). The lowest BCUT2D eigenvalue weighted by molar-refractivity contribution is 0.633. The van der Waals surface area contributed by atoms with Gasteiger partial charge in [0.05, 0.1) is 0 Å². The average molecular weight is 255 g/mol. The molecule has 0 saturated carbocycles. The molecule has 102 valence electrons. The van der Waals surface area contributed by atoms with Gasteiger partial charge in [0.1, 0.15) is 0 Å². The smallest absolute Gasteiger partial charge is 0.0272 e. The van der Waals surface area contributed by atoms with Crippen molar-refractivity contribution in [1.29, 1.82) is 0 Å². The Morgan fingerprint density at radius 1 is 1.16 bits per heavy atom. The van der Waals surface area contributed by atoms with E-state index in [1.165, 1.54) is 28.7 Å². The lowest BCUT2D eigenvalue weighted by atomic mass is 9.92. The molecule has 1 atom stereocenters. The van der Waals surface area contributed by atoms with Gasteiger partial charge < -0.3 is 5.73 Å². The van der Waals surface area contributed by atoms with Gasteiger partial charge in [-0.2, -0.15) is 0 Å². The van der Waals surface area contributed by atoms with Gasteiger partial charge in [0.2, 0.25) is 0 Å². The molecule has 0 amide bonds. The second kappa shape index (κ2) is 5.34. The van der Waals surface area contributed by atoms with E-state index in [1.54, 1.807) is 0 Å². The van der Waals surface area contributed by atoms with E-state index >= 15 is 0 Å². The fraction of sp³-hybridized carbons (Fsp3) is 0.444. The van der Waals surface area contributed by atoms with Gasteiger partial charge in [-0.25, -0.2) is 0 Å². The molecule has 0 radical (unpaired) electrons. The van der Waals surface area contributed by atoms with E-state index in [-0.39, 0.29) is 11.5 Å². The van der Waals surface area contributed by atoms with Crippen LogP contribution in [-0.4, -0.2) is 0 Å².